The average Bonchev–Trinajstić information content (AvgIpc) is 3.24. The molecule has 2 aromatic heterocycles. The van der Waals surface area contributed by atoms with Gasteiger partial charge in [-0.05, 0) is 38.0 Å². The molecule has 1 aliphatic heterocycles. The number of aromatic nitrogens is 4. The van der Waals surface area contributed by atoms with Gasteiger partial charge in [-0.2, -0.15) is 31.8 Å². The van der Waals surface area contributed by atoms with Gasteiger partial charge >= 0.3 is 6.18 Å². The molecule has 6 nitrogen and oxygen atoms in total. The van der Waals surface area contributed by atoms with Gasteiger partial charge in [0.2, 0.25) is 0 Å². The third kappa shape index (κ3) is 3.71. The molecule has 1 atom stereocenters. The van der Waals surface area contributed by atoms with Crippen LogP contribution in [0.5, 0.6) is 0 Å². The summed E-state index contributed by atoms with van der Waals surface area (Å²) in [5, 5.41) is 3.93. The fraction of sp³-hybridized carbons (Fsp3) is 0.350. The number of fused-ring (bicyclic) bond motifs is 1. The molecule has 3 heterocycles. The van der Waals surface area contributed by atoms with E-state index >= 15 is 0 Å². The summed E-state index contributed by atoms with van der Waals surface area (Å²) < 4.78 is 40.8. The Balaban J connectivity index is 0.00000231. The number of alkyl halides is 3. The van der Waals surface area contributed by atoms with Crippen molar-refractivity contribution in [3.63, 3.8) is 0 Å². The molecule has 1 saturated carbocycles. The van der Waals surface area contributed by atoms with Gasteiger partial charge in [-0.25, -0.2) is 4.98 Å². The third-order valence-electron chi connectivity index (χ3n) is 5.53. The number of hydrogen-bond acceptors (Lipinski definition) is 3. The van der Waals surface area contributed by atoms with Crippen LogP contribution in [0.2, 0.25) is 5.02 Å². The zero-order valence-corrected chi connectivity index (χ0v) is 18.1. The number of carbonyl (C=O) groups excluding carboxylic acids is 1. The third-order valence-corrected chi connectivity index (χ3v) is 5.84. The Morgan fingerprint density at radius 1 is 1.23 bits per heavy atom. The van der Waals surface area contributed by atoms with Gasteiger partial charge in [-0.3, -0.25) is 9.48 Å². The molecule has 31 heavy (non-hydrogen) atoms. The van der Waals surface area contributed by atoms with Gasteiger partial charge in [-0.1, -0.05) is 11.6 Å². The SMILES string of the molecule is C[C@H]1CN(c2ccc(C(F)(F)F)c(Cl)c2)C(=O)c2c(-c3cnc(C4CC4)[nH]3)cnn21.S. The maximum absolute atomic E-state index is 13.3. The molecule has 2 aliphatic rings. The fourth-order valence-electron chi connectivity index (χ4n) is 3.82. The standard InChI is InChI=1S/C20H17ClF3N5O.H2S/c1-10-9-28(12-4-5-14(15(21)6-12)20(22,23)24)19(30)17-13(7-26-29(10)17)16-8-25-18(27-16)11-2-3-11;/h4-8,10-11H,2-3,9H2,1H3,(H,25,27);1H2/t10-;/m0./s1. The molecular formula is C20H19ClF3N5OS. The Morgan fingerprint density at radius 2 is 1.97 bits per heavy atom. The number of rotatable bonds is 3. The zero-order chi connectivity index (χ0) is 21.2. The summed E-state index contributed by atoms with van der Waals surface area (Å²) in [5.74, 6) is 0.984. The number of benzene rings is 1. The van der Waals surface area contributed by atoms with E-state index in [-0.39, 0.29) is 32.0 Å². The summed E-state index contributed by atoms with van der Waals surface area (Å²) in [7, 11) is 0. The van der Waals surface area contributed by atoms with Crippen LogP contribution in [-0.2, 0) is 6.18 Å². The lowest BCUT2D eigenvalue weighted by Gasteiger charge is -2.32. The number of halogens is 4. The molecule has 164 valence electrons. The van der Waals surface area contributed by atoms with Crippen LogP contribution in [0, 0.1) is 0 Å². The highest BCUT2D eigenvalue weighted by molar-refractivity contribution is 7.59. The van der Waals surface area contributed by atoms with Gasteiger partial charge < -0.3 is 9.88 Å². The van der Waals surface area contributed by atoms with Crippen LogP contribution < -0.4 is 4.90 Å². The predicted octanol–water partition coefficient (Wildman–Crippen LogP) is 5.16. The minimum Gasteiger partial charge on any atom is -0.342 e. The molecule has 1 aliphatic carbocycles. The van der Waals surface area contributed by atoms with Crippen molar-refractivity contribution in [2.45, 2.75) is 37.9 Å². The number of nitrogens with zero attached hydrogens (tertiary/aromatic N) is 4. The first-order chi connectivity index (χ1) is 14.2. The molecule has 0 bridgehead atoms. The topological polar surface area (TPSA) is 66.8 Å². The van der Waals surface area contributed by atoms with Crippen LogP contribution in [0.25, 0.3) is 11.3 Å². The minimum absolute atomic E-state index is 0. The van der Waals surface area contributed by atoms with E-state index in [0.29, 0.717) is 28.6 Å². The number of aromatic amines is 1. The second-order valence-electron chi connectivity index (χ2n) is 7.73. The van der Waals surface area contributed by atoms with Crippen molar-refractivity contribution in [2.24, 2.45) is 0 Å². The Kier molecular flexibility index (Phi) is 5.33. The molecule has 1 amide bonds. The van der Waals surface area contributed by atoms with Crippen molar-refractivity contribution < 1.29 is 18.0 Å². The maximum Gasteiger partial charge on any atom is 0.417 e. The first kappa shape index (κ1) is 21.8. The lowest BCUT2D eigenvalue weighted by molar-refractivity contribution is -0.137. The second-order valence-corrected chi connectivity index (χ2v) is 8.14. The lowest BCUT2D eigenvalue weighted by atomic mass is 10.1. The van der Waals surface area contributed by atoms with E-state index in [4.69, 9.17) is 11.6 Å². The Morgan fingerprint density at radius 3 is 2.61 bits per heavy atom. The first-order valence-electron chi connectivity index (χ1n) is 9.55. The summed E-state index contributed by atoms with van der Waals surface area (Å²) in [6.07, 6.45) is 0.948. The predicted molar refractivity (Wildman–Crippen MR) is 115 cm³/mol. The maximum atomic E-state index is 13.3. The number of amides is 1. The number of carbonyl (C=O) groups is 1. The summed E-state index contributed by atoms with van der Waals surface area (Å²) in [6, 6.07) is 3.19. The van der Waals surface area contributed by atoms with Crippen LogP contribution in [0.1, 0.15) is 53.6 Å². The van der Waals surface area contributed by atoms with E-state index in [2.05, 4.69) is 15.1 Å². The molecule has 0 spiro atoms. The highest BCUT2D eigenvalue weighted by atomic mass is 35.5. The van der Waals surface area contributed by atoms with Crippen molar-refractivity contribution in [2.75, 3.05) is 11.4 Å². The second kappa shape index (κ2) is 7.59. The fourth-order valence-corrected chi connectivity index (χ4v) is 4.10. The number of imidazole rings is 1. The minimum atomic E-state index is -4.56. The van der Waals surface area contributed by atoms with Crippen LogP contribution >= 0.6 is 25.1 Å². The van der Waals surface area contributed by atoms with Crippen LogP contribution in [0.3, 0.4) is 0 Å². The Hall–Kier alpha value is -2.46. The van der Waals surface area contributed by atoms with Crippen molar-refractivity contribution in [1.29, 1.82) is 0 Å². The normalized spacial score (nSPS) is 18.7. The van der Waals surface area contributed by atoms with Crippen LogP contribution in [0.15, 0.2) is 30.6 Å². The summed E-state index contributed by atoms with van der Waals surface area (Å²) in [5.41, 5.74) is 1.07. The first-order valence-corrected chi connectivity index (χ1v) is 9.93. The number of nitrogens with one attached hydrogen (secondary N) is 1. The monoisotopic (exact) mass is 469 g/mol. The van der Waals surface area contributed by atoms with Gasteiger partial charge in [0.05, 0.1) is 40.3 Å². The van der Waals surface area contributed by atoms with Crippen molar-refractivity contribution in [3.05, 3.63) is 52.7 Å². The van der Waals surface area contributed by atoms with Gasteiger partial charge in [0, 0.05) is 18.2 Å². The lowest BCUT2D eigenvalue weighted by Crippen LogP contribution is -2.42. The van der Waals surface area contributed by atoms with E-state index in [1.807, 2.05) is 6.92 Å². The van der Waals surface area contributed by atoms with E-state index in [1.54, 1.807) is 17.1 Å². The molecule has 1 N–H and O–H groups in total. The largest absolute Gasteiger partial charge is 0.417 e. The molecule has 1 fully saturated rings. The van der Waals surface area contributed by atoms with Gasteiger partial charge in [-0.15, -0.1) is 0 Å². The number of hydrogen-bond donors (Lipinski definition) is 1. The molecule has 0 radical (unpaired) electrons. The van der Waals surface area contributed by atoms with E-state index in [9.17, 15) is 18.0 Å². The molecule has 0 unspecified atom stereocenters. The van der Waals surface area contributed by atoms with Crippen LogP contribution in [0.4, 0.5) is 18.9 Å². The van der Waals surface area contributed by atoms with Crippen molar-refractivity contribution >= 4 is 36.7 Å². The molecule has 3 aromatic rings. The van der Waals surface area contributed by atoms with E-state index < -0.39 is 16.8 Å². The number of anilines is 1. The average molecular weight is 470 g/mol. The molecular weight excluding hydrogens is 451 g/mol. The van der Waals surface area contributed by atoms with Gasteiger partial charge in [0.1, 0.15) is 11.5 Å². The van der Waals surface area contributed by atoms with Crippen LogP contribution in [-0.4, -0.2) is 32.2 Å². The molecule has 1 aromatic carbocycles. The van der Waals surface area contributed by atoms with Crippen molar-refractivity contribution in [1.82, 2.24) is 19.7 Å². The molecule has 5 rings (SSSR count). The quantitative estimate of drug-likeness (QED) is 0.576. The van der Waals surface area contributed by atoms with Gasteiger partial charge in [0.15, 0.2) is 0 Å². The molecule has 11 heteroatoms. The number of H-pyrrole nitrogens is 1. The highest BCUT2D eigenvalue weighted by Gasteiger charge is 2.37. The van der Waals surface area contributed by atoms with E-state index in [0.717, 1.165) is 24.7 Å². The summed E-state index contributed by atoms with van der Waals surface area (Å²) in [4.78, 5) is 22.4. The highest BCUT2D eigenvalue weighted by Crippen LogP contribution is 2.40. The summed E-state index contributed by atoms with van der Waals surface area (Å²) >= 11 is 5.87. The van der Waals surface area contributed by atoms with E-state index in [1.165, 1.54) is 17.0 Å². The Labute approximate surface area is 187 Å². The molecule has 0 saturated heterocycles. The zero-order valence-electron chi connectivity index (χ0n) is 16.4. The smallest absolute Gasteiger partial charge is 0.342 e. The summed E-state index contributed by atoms with van der Waals surface area (Å²) in [6.45, 7) is 2.17. The van der Waals surface area contributed by atoms with Crippen molar-refractivity contribution in [3.8, 4) is 11.3 Å². The van der Waals surface area contributed by atoms with Gasteiger partial charge in [0.25, 0.3) is 5.91 Å². The Bertz CT molecular complexity index is 1150.